The fourth-order valence-electron chi connectivity index (χ4n) is 1.61. The lowest BCUT2D eigenvalue weighted by Crippen LogP contribution is -2.40. The Hall–Kier alpha value is -2.00. The first-order valence-electron chi connectivity index (χ1n) is 5.78. The lowest BCUT2D eigenvalue weighted by atomic mass is 10.2. The molecule has 0 unspecified atom stereocenters. The zero-order valence-corrected chi connectivity index (χ0v) is 11.5. The molecular formula is C11H14N2O6S. The highest BCUT2D eigenvalue weighted by Gasteiger charge is 2.29. The number of rotatable bonds is 7. The molecule has 20 heavy (non-hydrogen) atoms. The van der Waals surface area contributed by atoms with Gasteiger partial charge in [-0.2, -0.15) is 4.72 Å². The van der Waals surface area contributed by atoms with E-state index in [1.807, 2.05) is 4.72 Å². The summed E-state index contributed by atoms with van der Waals surface area (Å²) >= 11 is 0. The van der Waals surface area contributed by atoms with Gasteiger partial charge in [0.2, 0.25) is 10.0 Å². The number of carboxylic acid groups (broad SMARTS) is 1. The largest absolute Gasteiger partial charge is 0.480 e. The van der Waals surface area contributed by atoms with Crippen molar-refractivity contribution < 1.29 is 23.2 Å². The number of nitro benzene ring substituents is 1. The van der Waals surface area contributed by atoms with E-state index in [1.54, 1.807) is 6.92 Å². The van der Waals surface area contributed by atoms with Crippen LogP contribution in [0.5, 0.6) is 0 Å². The molecule has 0 aromatic heterocycles. The lowest BCUT2D eigenvalue weighted by molar-refractivity contribution is -0.387. The molecule has 0 amide bonds. The van der Waals surface area contributed by atoms with E-state index in [0.717, 1.165) is 12.1 Å². The molecule has 0 saturated heterocycles. The van der Waals surface area contributed by atoms with E-state index >= 15 is 0 Å². The maximum atomic E-state index is 12.1. The normalized spacial score (nSPS) is 12.8. The van der Waals surface area contributed by atoms with Gasteiger partial charge in [-0.25, -0.2) is 8.42 Å². The Morgan fingerprint density at radius 2 is 2.05 bits per heavy atom. The predicted octanol–water partition coefficient (Wildman–Crippen LogP) is 1.13. The van der Waals surface area contributed by atoms with E-state index in [-0.39, 0.29) is 6.42 Å². The van der Waals surface area contributed by atoms with Crippen molar-refractivity contribution in [2.75, 3.05) is 0 Å². The summed E-state index contributed by atoms with van der Waals surface area (Å²) in [6.07, 6.45) is 0.547. The Balaban J connectivity index is 3.17. The van der Waals surface area contributed by atoms with Gasteiger partial charge in [0.1, 0.15) is 6.04 Å². The number of carbonyl (C=O) groups is 1. The zero-order valence-electron chi connectivity index (χ0n) is 10.6. The van der Waals surface area contributed by atoms with Crippen molar-refractivity contribution in [3.05, 3.63) is 34.4 Å². The summed E-state index contributed by atoms with van der Waals surface area (Å²) in [5.41, 5.74) is -0.597. The van der Waals surface area contributed by atoms with Crippen molar-refractivity contribution in [1.29, 1.82) is 0 Å². The minimum atomic E-state index is -4.27. The van der Waals surface area contributed by atoms with Gasteiger partial charge >= 0.3 is 5.97 Å². The summed E-state index contributed by atoms with van der Waals surface area (Å²) in [6.45, 7) is 1.70. The molecule has 2 N–H and O–H groups in total. The molecule has 0 bridgehead atoms. The van der Waals surface area contributed by atoms with Crippen LogP contribution in [0.2, 0.25) is 0 Å². The van der Waals surface area contributed by atoms with Gasteiger partial charge in [-0.3, -0.25) is 14.9 Å². The quantitative estimate of drug-likeness (QED) is 0.574. The van der Waals surface area contributed by atoms with Gasteiger partial charge in [0.05, 0.1) is 4.92 Å². The summed E-state index contributed by atoms with van der Waals surface area (Å²) in [5.74, 6) is -1.32. The number of carboxylic acids is 1. The van der Waals surface area contributed by atoms with E-state index in [4.69, 9.17) is 5.11 Å². The van der Waals surface area contributed by atoms with Gasteiger partial charge in [-0.15, -0.1) is 0 Å². The molecular weight excluding hydrogens is 288 g/mol. The van der Waals surface area contributed by atoms with Gasteiger partial charge in [-0.05, 0) is 12.5 Å². The average Bonchev–Trinajstić information content (AvgIpc) is 2.38. The van der Waals surface area contributed by atoms with Crippen LogP contribution < -0.4 is 4.72 Å². The van der Waals surface area contributed by atoms with Crippen molar-refractivity contribution >= 4 is 21.7 Å². The maximum Gasteiger partial charge on any atom is 0.321 e. The molecule has 1 rings (SSSR count). The number of aliphatic carboxylic acids is 1. The number of benzene rings is 1. The Labute approximate surface area is 115 Å². The van der Waals surface area contributed by atoms with Gasteiger partial charge in [0, 0.05) is 6.07 Å². The van der Waals surface area contributed by atoms with Crippen LogP contribution in [-0.4, -0.2) is 30.5 Å². The van der Waals surface area contributed by atoms with E-state index in [0.29, 0.717) is 6.42 Å². The molecule has 0 aliphatic heterocycles. The Morgan fingerprint density at radius 3 is 2.55 bits per heavy atom. The number of para-hydroxylation sites is 1. The summed E-state index contributed by atoms with van der Waals surface area (Å²) in [7, 11) is -4.27. The number of nitrogens with one attached hydrogen (secondary N) is 1. The number of nitrogens with zero attached hydrogens (tertiary/aromatic N) is 1. The maximum absolute atomic E-state index is 12.1. The standard InChI is InChI=1S/C11H14N2O6S/c1-2-5-8(11(14)15)12-20(18,19)10-7-4-3-6-9(10)13(16)17/h3-4,6-8,12H,2,5H2,1H3,(H,14,15)/t8-/m1/s1. The number of nitro groups is 1. The Morgan fingerprint density at radius 1 is 1.45 bits per heavy atom. The second-order valence-corrected chi connectivity index (χ2v) is 5.71. The van der Waals surface area contributed by atoms with E-state index in [9.17, 15) is 23.3 Å². The SMILES string of the molecule is CCC[C@@H](NS(=O)(=O)c1ccccc1[N+](=O)[O-])C(=O)O. The minimum absolute atomic E-state index is 0.0925. The molecule has 8 nitrogen and oxygen atoms in total. The molecule has 0 spiro atoms. The van der Waals surface area contributed by atoms with Crippen LogP contribution in [0, 0.1) is 10.1 Å². The van der Waals surface area contributed by atoms with Crippen LogP contribution in [0.15, 0.2) is 29.2 Å². The molecule has 0 aliphatic carbocycles. The number of sulfonamides is 1. The second-order valence-electron chi connectivity index (χ2n) is 4.03. The van der Waals surface area contributed by atoms with Gasteiger partial charge in [-0.1, -0.05) is 25.5 Å². The summed E-state index contributed by atoms with van der Waals surface area (Å²) < 4.78 is 26.1. The highest BCUT2D eigenvalue weighted by Crippen LogP contribution is 2.23. The summed E-state index contributed by atoms with van der Waals surface area (Å²) in [6, 6.07) is 3.45. The fraction of sp³-hybridized carbons (Fsp3) is 0.364. The molecule has 0 saturated carbocycles. The van der Waals surface area contributed by atoms with E-state index < -0.39 is 37.5 Å². The molecule has 0 heterocycles. The monoisotopic (exact) mass is 302 g/mol. The summed E-state index contributed by atoms with van der Waals surface area (Å²) in [4.78, 5) is 20.4. The van der Waals surface area contributed by atoms with Crippen molar-refractivity contribution in [3.8, 4) is 0 Å². The molecule has 9 heteroatoms. The van der Waals surface area contributed by atoms with Crippen molar-refractivity contribution in [2.24, 2.45) is 0 Å². The van der Waals surface area contributed by atoms with Crippen LogP contribution >= 0.6 is 0 Å². The highest BCUT2D eigenvalue weighted by atomic mass is 32.2. The van der Waals surface area contributed by atoms with Crippen molar-refractivity contribution in [2.45, 2.75) is 30.7 Å². The second kappa shape index (κ2) is 6.44. The molecule has 0 aliphatic rings. The predicted molar refractivity (Wildman–Crippen MR) is 69.7 cm³/mol. The van der Waals surface area contributed by atoms with Crippen LogP contribution in [0.1, 0.15) is 19.8 Å². The van der Waals surface area contributed by atoms with Gasteiger partial charge in [0.15, 0.2) is 4.90 Å². The van der Waals surface area contributed by atoms with Crippen molar-refractivity contribution in [1.82, 2.24) is 4.72 Å². The fourth-order valence-corrected chi connectivity index (χ4v) is 3.00. The third-order valence-corrected chi connectivity index (χ3v) is 4.04. The van der Waals surface area contributed by atoms with E-state index in [1.165, 1.54) is 12.1 Å². The topological polar surface area (TPSA) is 127 Å². The average molecular weight is 302 g/mol. The first kappa shape index (κ1) is 16.1. The minimum Gasteiger partial charge on any atom is -0.480 e. The van der Waals surface area contributed by atoms with E-state index in [2.05, 4.69) is 0 Å². The first-order valence-corrected chi connectivity index (χ1v) is 7.26. The molecule has 0 radical (unpaired) electrons. The lowest BCUT2D eigenvalue weighted by Gasteiger charge is -2.13. The van der Waals surface area contributed by atoms with Crippen LogP contribution in [-0.2, 0) is 14.8 Å². The number of hydrogen-bond acceptors (Lipinski definition) is 5. The van der Waals surface area contributed by atoms with Gasteiger partial charge < -0.3 is 5.11 Å². The summed E-state index contributed by atoms with van der Waals surface area (Å²) in [5, 5.41) is 19.7. The van der Waals surface area contributed by atoms with Crippen molar-refractivity contribution in [3.63, 3.8) is 0 Å². The third kappa shape index (κ3) is 3.75. The molecule has 1 aromatic carbocycles. The van der Waals surface area contributed by atoms with Crippen LogP contribution in [0.4, 0.5) is 5.69 Å². The Kier molecular flexibility index (Phi) is 5.17. The molecule has 1 atom stereocenters. The first-order chi connectivity index (χ1) is 9.29. The van der Waals surface area contributed by atoms with Gasteiger partial charge in [0.25, 0.3) is 5.69 Å². The molecule has 110 valence electrons. The zero-order chi connectivity index (χ0) is 15.3. The smallest absolute Gasteiger partial charge is 0.321 e. The third-order valence-electron chi connectivity index (χ3n) is 2.52. The highest BCUT2D eigenvalue weighted by molar-refractivity contribution is 7.89. The number of hydrogen-bond donors (Lipinski definition) is 2. The Bertz CT molecular complexity index is 613. The van der Waals surface area contributed by atoms with Crippen LogP contribution in [0.25, 0.3) is 0 Å². The molecule has 0 fully saturated rings. The van der Waals surface area contributed by atoms with Crippen LogP contribution in [0.3, 0.4) is 0 Å². The molecule has 1 aromatic rings.